The fraction of sp³-hybridized carbons (Fsp3) is 0.268. The van der Waals surface area contributed by atoms with Crippen molar-refractivity contribution in [2.45, 2.75) is 72.7 Å². The van der Waals surface area contributed by atoms with Crippen LogP contribution in [0.1, 0.15) is 81.8 Å². The summed E-state index contributed by atoms with van der Waals surface area (Å²) in [6.07, 6.45) is 6.64. The number of rotatable bonds is 12. The van der Waals surface area contributed by atoms with Crippen molar-refractivity contribution in [1.29, 1.82) is 0 Å². The normalized spacial score (nSPS) is 15.6. The third-order valence-electron chi connectivity index (χ3n) is 16.0. The average molecular weight is 1310 g/mol. The van der Waals surface area contributed by atoms with Crippen molar-refractivity contribution in [3.8, 4) is 33.8 Å². The molecule has 9 aromatic rings. The molecule has 2 unspecified atom stereocenters. The summed E-state index contributed by atoms with van der Waals surface area (Å²) in [5, 5.41) is 20.2. The minimum absolute atomic E-state index is 0.0919. The van der Waals surface area contributed by atoms with Crippen LogP contribution in [-0.2, 0) is 9.53 Å². The lowest BCUT2D eigenvalue weighted by molar-refractivity contribution is -0.129. The van der Waals surface area contributed by atoms with Gasteiger partial charge in [-0.15, -0.1) is 0 Å². The van der Waals surface area contributed by atoms with Crippen LogP contribution in [0, 0.1) is 20.8 Å². The number of aromatic nitrogens is 6. The van der Waals surface area contributed by atoms with Gasteiger partial charge in [-0.1, -0.05) is 53.0 Å². The number of piperidine rings is 1. The maximum Gasteiger partial charge on any atom is 0.257 e. The van der Waals surface area contributed by atoms with Gasteiger partial charge in [-0.25, -0.2) is 15.0 Å². The fourth-order valence-electron chi connectivity index (χ4n) is 11.2. The Morgan fingerprint density at radius 2 is 0.806 bits per heavy atom. The van der Waals surface area contributed by atoms with Crippen LogP contribution in [0.4, 0.5) is 34.5 Å². The lowest BCUT2D eigenvalue weighted by Crippen LogP contribution is -2.48. The van der Waals surface area contributed by atoms with E-state index in [-0.39, 0.29) is 41.9 Å². The SMILES string of the molecule is CC(=O)N1CCN(c2ccc(C(=O)Nc3ccc(Cl)c(-c4ccccn4)c3)c(C)n2)CC1.Cc1nc(N2CC(C)OC(C)C2)ccc1C(=O)Nc1ccc(Cl)c(-c2ccccn2)c1.Cc1nc(N2CCC(O)CC2)ccc1C(=O)Nc1ccc(Cl)c(-c2ccccn2)c1. The van der Waals surface area contributed by atoms with E-state index in [1.165, 1.54) is 0 Å². The van der Waals surface area contributed by atoms with E-state index in [0.29, 0.717) is 79.0 Å². The second-order valence-electron chi connectivity index (χ2n) is 22.9. The lowest BCUT2D eigenvalue weighted by atomic mass is 10.1. The molecule has 12 rings (SSSR count). The van der Waals surface area contributed by atoms with Crippen LogP contribution in [0.5, 0.6) is 0 Å². The predicted molar refractivity (Wildman–Crippen MR) is 369 cm³/mol. The second kappa shape index (κ2) is 30.8. The number of aryl methyl sites for hydroxylation is 3. The summed E-state index contributed by atoms with van der Waals surface area (Å²) in [4.78, 5) is 85.5. The molecule has 3 aromatic carbocycles. The number of ether oxygens (including phenoxy) is 1. The summed E-state index contributed by atoms with van der Waals surface area (Å²) in [7, 11) is 0. The van der Waals surface area contributed by atoms with Gasteiger partial charge in [-0.3, -0.25) is 34.1 Å². The monoisotopic (exact) mass is 1310 g/mol. The van der Waals surface area contributed by atoms with E-state index in [9.17, 15) is 24.3 Å². The fourth-order valence-corrected chi connectivity index (χ4v) is 11.8. The zero-order chi connectivity index (χ0) is 65.7. The number of piperazine rings is 1. The summed E-state index contributed by atoms with van der Waals surface area (Å²) in [6.45, 7) is 17.1. The Balaban J connectivity index is 0.000000153. The molecule has 6 aromatic heterocycles. The number of hydrogen-bond acceptors (Lipinski definition) is 15. The van der Waals surface area contributed by atoms with E-state index in [1.807, 2.05) is 123 Å². The Labute approximate surface area is 556 Å². The first kappa shape index (κ1) is 66.5. The minimum atomic E-state index is -0.239. The predicted octanol–water partition coefficient (Wildman–Crippen LogP) is 13.3. The molecule has 0 aliphatic carbocycles. The Morgan fingerprint density at radius 3 is 1.13 bits per heavy atom. The van der Waals surface area contributed by atoms with Crippen LogP contribution in [0.2, 0.25) is 15.1 Å². The molecule has 9 heterocycles. The van der Waals surface area contributed by atoms with Crippen molar-refractivity contribution >= 4 is 92.9 Å². The average Bonchev–Trinajstić information content (AvgIpc) is 1.39. The number of carbonyl (C=O) groups is 4. The molecule has 22 heteroatoms. The Morgan fingerprint density at radius 1 is 0.462 bits per heavy atom. The molecule has 3 aliphatic rings. The van der Waals surface area contributed by atoms with Gasteiger partial charge in [0.1, 0.15) is 17.5 Å². The lowest BCUT2D eigenvalue weighted by Gasteiger charge is -2.36. The number of aliphatic hydroxyl groups is 1. The highest BCUT2D eigenvalue weighted by atomic mass is 35.5. The maximum absolute atomic E-state index is 12.9. The number of nitrogens with zero attached hydrogens (tertiary/aromatic N) is 10. The van der Waals surface area contributed by atoms with Crippen molar-refractivity contribution in [3.63, 3.8) is 0 Å². The van der Waals surface area contributed by atoms with Gasteiger partial charge in [0.15, 0.2) is 0 Å². The van der Waals surface area contributed by atoms with E-state index in [4.69, 9.17) is 39.5 Å². The molecular formula is C71H72Cl3N13O6. The summed E-state index contributed by atoms with van der Waals surface area (Å²) in [6, 6.07) is 43.9. The molecule has 4 N–H and O–H groups in total. The van der Waals surface area contributed by atoms with Crippen molar-refractivity contribution in [1.82, 2.24) is 34.8 Å². The molecule has 19 nitrogen and oxygen atoms in total. The summed E-state index contributed by atoms with van der Waals surface area (Å²) < 4.78 is 5.80. The molecule has 0 radical (unpaired) electrons. The van der Waals surface area contributed by atoms with Gasteiger partial charge in [-0.2, -0.15) is 0 Å². The molecule has 93 heavy (non-hydrogen) atoms. The number of nitrogens with one attached hydrogen (secondary N) is 3. The first-order valence-electron chi connectivity index (χ1n) is 30.7. The van der Waals surface area contributed by atoms with Gasteiger partial charge in [0.05, 0.1) is 84.2 Å². The van der Waals surface area contributed by atoms with Crippen molar-refractivity contribution in [2.24, 2.45) is 0 Å². The number of amides is 4. The standard InChI is InChI=1S/C24H24ClN5O2.C24H25ClN4O2.C23H23ClN4O2/c1-16-19(7-9-23(27-16)30-13-11-29(12-14-30)17(2)31)24(32)28-18-6-8-21(25)20(15-18)22-5-3-4-10-26-22;1-15-13-29(14-16(2)31-15)23-10-8-19(17(3)27-23)24(30)28-18-7-9-21(25)20(12-18)22-6-4-5-11-26-22;1-15-18(6-8-22(26-15)28-12-9-17(29)10-13-28)23(30)27-16-5-7-20(24)19(14-16)21-4-2-3-11-25-21/h3-10,15H,11-14H2,1-2H3,(H,28,32);4-12,15-16H,13-14H2,1-3H3,(H,28,30);2-8,11,14,17,29H,9-10,12-13H2,1H3,(H,27,30). The van der Waals surface area contributed by atoms with E-state index < -0.39 is 0 Å². The Kier molecular flexibility index (Phi) is 22.1. The minimum Gasteiger partial charge on any atom is -0.393 e. The number of aliphatic hydroxyl groups excluding tert-OH is 1. The largest absolute Gasteiger partial charge is 0.393 e. The van der Waals surface area contributed by atoms with E-state index >= 15 is 0 Å². The molecule has 2 atom stereocenters. The molecule has 0 bridgehead atoms. The molecule has 0 saturated carbocycles. The molecular weight excluding hydrogens is 1240 g/mol. The van der Waals surface area contributed by atoms with Gasteiger partial charge >= 0.3 is 0 Å². The van der Waals surface area contributed by atoms with Crippen molar-refractivity contribution < 1.29 is 29.0 Å². The number of carbonyl (C=O) groups excluding carboxylic acids is 4. The smallest absolute Gasteiger partial charge is 0.257 e. The number of morpholine rings is 1. The van der Waals surface area contributed by atoms with Gasteiger partial charge in [-0.05, 0) is 175 Å². The van der Waals surface area contributed by atoms with Crippen LogP contribution in [0.15, 0.2) is 164 Å². The van der Waals surface area contributed by atoms with Crippen LogP contribution in [-0.4, -0.2) is 134 Å². The van der Waals surface area contributed by atoms with Gasteiger partial charge in [0.2, 0.25) is 5.91 Å². The van der Waals surface area contributed by atoms with Crippen LogP contribution < -0.4 is 30.7 Å². The topological polar surface area (TPSA) is 224 Å². The Hall–Kier alpha value is -9.37. The van der Waals surface area contributed by atoms with Gasteiger partial charge < -0.3 is 45.4 Å². The molecule has 478 valence electrons. The number of benzene rings is 3. The van der Waals surface area contributed by atoms with Crippen molar-refractivity contribution in [3.05, 3.63) is 213 Å². The third kappa shape index (κ3) is 17.2. The first-order valence-corrected chi connectivity index (χ1v) is 31.8. The summed E-state index contributed by atoms with van der Waals surface area (Å²) >= 11 is 19.0. The quantitative estimate of drug-likeness (QED) is 0.0893. The highest BCUT2D eigenvalue weighted by molar-refractivity contribution is 6.34. The first-order chi connectivity index (χ1) is 44.8. The molecule has 3 saturated heterocycles. The zero-order valence-corrected chi connectivity index (χ0v) is 54.8. The maximum atomic E-state index is 12.9. The second-order valence-corrected chi connectivity index (χ2v) is 24.1. The Bertz CT molecular complexity index is 4110. The van der Waals surface area contributed by atoms with Crippen LogP contribution in [0.3, 0.4) is 0 Å². The van der Waals surface area contributed by atoms with Crippen LogP contribution >= 0.6 is 34.8 Å². The zero-order valence-electron chi connectivity index (χ0n) is 52.5. The summed E-state index contributed by atoms with van der Waals surface area (Å²) in [5.74, 6) is 1.92. The summed E-state index contributed by atoms with van der Waals surface area (Å²) in [5.41, 5.74) is 9.96. The number of halogens is 3. The third-order valence-corrected chi connectivity index (χ3v) is 17.0. The number of pyridine rings is 6. The molecule has 3 fully saturated rings. The molecule has 0 spiro atoms. The highest BCUT2D eigenvalue weighted by Gasteiger charge is 2.26. The highest BCUT2D eigenvalue weighted by Crippen LogP contribution is 2.33. The molecule has 4 amide bonds. The van der Waals surface area contributed by atoms with Gasteiger partial charge in [0, 0.05) is 112 Å². The van der Waals surface area contributed by atoms with E-state index in [1.54, 1.807) is 74.0 Å². The van der Waals surface area contributed by atoms with Crippen LogP contribution in [0.25, 0.3) is 33.8 Å². The van der Waals surface area contributed by atoms with E-state index in [2.05, 4.69) is 74.4 Å². The number of anilines is 6. The van der Waals surface area contributed by atoms with E-state index in [0.717, 1.165) is 103 Å². The van der Waals surface area contributed by atoms with Crippen molar-refractivity contribution in [2.75, 3.05) is 83.0 Å². The molecule has 3 aliphatic heterocycles. The number of hydrogen-bond donors (Lipinski definition) is 4. The van der Waals surface area contributed by atoms with Gasteiger partial charge in [0.25, 0.3) is 17.7 Å².